The molecular formula is C17H25NO. The molecule has 2 aliphatic rings. The molecule has 1 aliphatic heterocycles. The van der Waals surface area contributed by atoms with Gasteiger partial charge in [-0.15, -0.1) is 0 Å². The summed E-state index contributed by atoms with van der Waals surface area (Å²) in [5, 5.41) is 3.62. The van der Waals surface area contributed by atoms with Gasteiger partial charge in [-0.3, -0.25) is 0 Å². The third kappa shape index (κ3) is 2.02. The molecule has 1 saturated heterocycles. The quantitative estimate of drug-likeness (QED) is 0.836. The SMILES string of the molecule is Cc1ccc2c(c1)C1(CC2)CNCC(C)(C(C)C)O1. The molecule has 2 nitrogen and oxygen atoms in total. The summed E-state index contributed by atoms with van der Waals surface area (Å²) in [4.78, 5) is 0. The fraction of sp³-hybridized carbons (Fsp3) is 0.647. The van der Waals surface area contributed by atoms with E-state index in [9.17, 15) is 0 Å². The van der Waals surface area contributed by atoms with Crippen LogP contribution in [0, 0.1) is 12.8 Å². The Hall–Kier alpha value is -0.860. The molecule has 0 bridgehead atoms. The van der Waals surface area contributed by atoms with Crippen LogP contribution in [0.25, 0.3) is 0 Å². The van der Waals surface area contributed by atoms with E-state index in [1.54, 1.807) is 0 Å². The highest BCUT2D eigenvalue weighted by Gasteiger charge is 2.48. The summed E-state index contributed by atoms with van der Waals surface area (Å²) >= 11 is 0. The molecule has 0 radical (unpaired) electrons. The highest BCUT2D eigenvalue weighted by Crippen LogP contribution is 2.45. The first-order valence-electron chi connectivity index (χ1n) is 7.46. The molecule has 0 aromatic heterocycles. The molecule has 0 saturated carbocycles. The van der Waals surface area contributed by atoms with Crippen molar-refractivity contribution in [3.8, 4) is 0 Å². The molecule has 3 rings (SSSR count). The Balaban J connectivity index is 2.00. The van der Waals surface area contributed by atoms with Crippen LogP contribution in [0.3, 0.4) is 0 Å². The maximum Gasteiger partial charge on any atom is 0.107 e. The minimum Gasteiger partial charge on any atom is -0.361 e. The van der Waals surface area contributed by atoms with E-state index in [4.69, 9.17) is 4.74 Å². The number of ether oxygens (including phenoxy) is 1. The Morgan fingerprint density at radius 3 is 2.79 bits per heavy atom. The monoisotopic (exact) mass is 259 g/mol. The van der Waals surface area contributed by atoms with Crippen LogP contribution < -0.4 is 5.32 Å². The van der Waals surface area contributed by atoms with E-state index in [0.29, 0.717) is 5.92 Å². The van der Waals surface area contributed by atoms with E-state index in [1.165, 1.54) is 16.7 Å². The minimum atomic E-state index is -0.0986. The van der Waals surface area contributed by atoms with Crippen LogP contribution in [-0.4, -0.2) is 18.7 Å². The summed E-state index contributed by atoms with van der Waals surface area (Å²) < 4.78 is 6.70. The van der Waals surface area contributed by atoms with E-state index in [1.807, 2.05) is 0 Å². The van der Waals surface area contributed by atoms with Crippen LogP contribution in [0.1, 0.15) is 43.9 Å². The van der Waals surface area contributed by atoms with Crippen LogP contribution in [0.2, 0.25) is 0 Å². The number of aryl methyl sites for hydroxylation is 2. The molecule has 1 aliphatic carbocycles. The lowest BCUT2D eigenvalue weighted by Crippen LogP contribution is -2.59. The topological polar surface area (TPSA) is 21.3 Å². The third-order valence-corrected chi connectivity index (χ3v) is 5.09. The Kier molecular flexibility index (Phi) is 2.99. The number of rotatable bonds is 1. The Bertz CT molecular complexity index is 492. The van der Waals surface area contributed by atoms with Crippen molar-refractivity contribution in [1.29, 1.82) is 0 Å². The summed E-state index contributed by atoms with van der Waals surface area (Å²) in [6.07, 6.45) is 2.26. The summed E-state index contributed by atoms with van der Waals surface area (Å²) in [5.41, 5.74) is 4.06. The van der Waals surface area contributed by atoms with Gasteiger partial charge < -0.3 is 10.1 Å². The van der Waals surface area contributed by atoms with Gasteiger partial charge in [-0.25, -0.2) is 0 Å². The maximum atomic E-state index is 6.70. The van der Waals surface area contributed by atoms with Crippen molar-refractivity contribution in [2.45, 2.75) is 51.7 Å². The van der Waals surface area contributed by atoms with Gasteiger partial charge in [0.25, 0.3) is 0 Å². The van der Waals surface area contributed by atoms with Crippen molar-refractivity contribution in [3.05, 3.63) is 34.9 Å². The first-order valence-corrected chi connectivity index (χ1v) is 7.46. The number of morpholine rings is 1. The van der Waals surface area contributed by atoms with Crippen LogP contribution in [0.4, 0.5) is 0 Å². The molecule has 1 aromatic carbocycles. The van der Waals surface area contributed by atoms with Gasteiger partial charge in [-0.05, 0) is 43.7 Å². The van der Waals surface area contributed by atoms with Crippen LogP contribution in [0.5, 0.6) is 0 Å². The molecule has 104 valence electrons. The fourth-order valence-electron chi connectivity index (χ4n) is 3.45. The molecule has 1 N–H and O–H groups in total. The lowest BCUT2D eigenvalue weighted by Gasteiger charge is -2.48. The van der Waals surface area contributed by atoms with E-state index in [2.05, 4.69) is 51.2 Å². The fourth-order valence-corrected chi connectivity index (χ4v) is 3.45. The van der Waals surface area contributed by atoms with E-state index >= 15 is 0 Å². The molecule has 2 atom stereocenters. The smallest absolute Gasteiger partial charge is 0.107 e. The van der Waals surface area contributed by atoms with E-state index in [-0.39, 0.29) is 11.2 Å². The molecule has 2 unspecified atom stereocenters. The Morgan fingerprint density at radius 2 is 2.05 bits per heavy atom. The van der Waals surface area contributed by atoms with Crippen molar-refractivity contribution in [3.63, 3.8) is 0 Å². The zero-order chi connectivity index (χ0) is 13.7. The molecule has 0 amide bonds. The maximum absolute atomic E-state index is 6.70. The molecular weight excluding hydrogens is 234 g/mol. The first kappa shape index (κ1) is 13.1. The molecule has 1 spiro atoms. The van der Waals surface area contributed by atoms with Crippen LogP contribution in [-0.2, 0) is 16.8 Å². The summed E-state index contributed by atoms with van der Waals surface area (Å²) in [7, 11) is 0. The van der Waals surface area contributed by atoms with Gasteiger partial charge in [0.15, 0.2) is 0 Å². The number of hydrogen-bond acceptors (Lipinski definition) is 2. The second kappa shape index (κ2) is 4.32. The minimum absolute atomic E-state index is 0.0659. The second-order valence-electron chi connectivity index (χ2n) is 6.83. The van der Waals surface area contributed by atoms with Crippen molar-refractivity contribution >= 4 is 0 Å². The zero-order valence-electron chi connectivity index (χ0n) is 12.5. The Labute approximate surface area is 116 Å². The predicted molar refractivity (Wildman–Crippen MR) is 78.4 cm³/mol. The highest BCUT2D eigenvalue weighted by molar-refractivity contribution is 5.41. The van der Waals surface area contributed by atoms with E-state index < -0.39 is 0 Å². The van der Waals surface area contributed by atoms with Crippen molar-refractivity contribution < 1.29 is 4.74 Å². The first-order chi connectivity index (χ1) is 8.95. The van der Waals surface area contributed by atoms with E-state index in [0.717, 1.165) is 25.9 Å². The molecule has 1 fully saturated rings. The number of fused-ring (bicyclic) bond motifs is 2. The largest absolute Gasteiger partial charge is 0.361 e. The van der Waals surface area contributed by atoms with Gasteiger partial charge in [0.1, 0.15) is 5.60 Å². The Morgan fingerprint density at radius 1 is 1.26 bits per heavy atom. The average Bonchev–Trinajstić information content (AvgIpc) is 2.68. The van der Waals surface area contributed by atoms with Gasteiger partial charge in [0.2, 0.25) is 0 Å². The summed E-state index contributed by atoms with van der Waals surface area (Å²) in [6.45, 7) is 10.8. The zero-order valence-corrected chi connectivity index (χ0v) is 12.5. The molecule has 1 aromatic rings. The van der Waals surface area contributed by atoms with Gasteiger partial charge >= 0.3 is 0 Å². The van der Waals surface area contributed by atoms with Crippen LogP contribution in [0.15, 0.2) is 18.2 Å². The standard InChI is InChI=1S/C17H25NO/c1-12(2)16(4)10-18-11-17(19-16)8-7-14-6-5-13(3)9-15(14)17/h5-6,9,12,18H,7-8,10-11H2,1-4H3. The number of benzene rings is 1. The normalized spacial score (nSPS) is 33.9. The molecule has 2 heteroatoms. The predicted octanol–water partition coefficient (Wildman–Crippen LogP) is 3.17. The van der Waals surface area contributed by atoms with Gasteiger partial charge in [-0.2, -0.15) is 0 Å². The van der Waals surface area contributed by atoms with Crippen LogP contribution >= 0.6 is 0 Å². The second-order valence-corrected chi connectivity index (χ2v) is 6.83. The summed E-state index contributed by atoms with van der Waals surface area (Å²) in [5.74, 6) is 0.519. The van der Waals surface area contributed by atoms with Gasteiger partial charge in [0.05, 0.1) is 5.60 Å². The molecule has 1 heterocycles. The average molecular weight is 259 g/mol. The molecule has 19 heavy (non-hydrogen) atoms. The lowest BCUT2D eigenvalue weighted by atomic mass is 9.85. The third-order valence-electron chi connectivity index (χ3n) is 5.09. The van der Waals surface area contributed by atoms with Crippen molar-refractivity contribution in [1.82, 2.24) is 5.32 Å². The number of hydrogen-bond donors (Lipinski definition) is 1. The van der Waals surface area contributed by atoms with Crippen molar-refractivity contribution in [2.75, 3.05) is 13.1 Å². The number of nitrogens with one attached hydrogen (secondary N) is 1. The van der Waals surface area contributed by atoms with Crippen molar-refractivity contribution in [2.24, 2.45) is 5.92 Å². The van der Waals surface area contributed by atoms with Gasteiger partial charge in [-0.1, -0.05) is 37.6 Å². The summed E-state index contributed by atoms with van der Waals surface area (Å²) in [6, 6.07) is 6.83. The van der Waals surface area contributed by atoms with Gasteiger partial charge in [0, 0.05) is 13.1 Å². The highest BCUT2D eigenvalue weighted by atomic mass is 16.5. The lowest BCUT2D eigenvalue weighted by molar-refractivity contribution is -0.193.